The highest BCUT2D eigenvalue weighted by Gasteiger charge is 2.22. The lowest BCUT2D eigenvalue weighted by Gasteiger charge is -2.34. The van der Waals surface area contributed by atoms with Crippen molar-refractivity contribution in [1.29, 1.82) is 0 Å². The lowest BCUT2D eigenvalue weighted by atomic mass is 9.88. The number of hydrogen-bond acceptors (Lipinski definition) is 3. The summed E-state index contributed by atoms with van der Waals surface area (Å²) in [7, 11) is 0. The second kappa shape index (κ2) is 4.94. The predicted octanol–water partition coefficient (Wildman–Crippen LogP) is 0.694. The van der Waals surface area contributed by atoms with E-state index in [2.05, 4.69) is 18.7 Å². The summed E-state index contributed by atoms with van der Waals surface area (Å²) in [6.45, 7) is 10.4. The maximum atomic E-state index is 5.58. The second-order valence-electron chi connectivity index (χ2n) is 4.59. The molecule has 2 N–H and O–H groups in total. The van der Waals surface area contributed by atoms with Gasteiger partial charge in [0.1, 0.15) is 0 Å². The van der Waals surface area contributed by atoms with Crippen LogP contribution < -0.4 is 5.73 Å². The fourth-order valence-corrected chi connectivity index (χ4v) is 1.83. The van der Waals surface area contributed by atoms with E-state index in [0.29, 0.717) is 5.41 Å². The molecule has 1 fully saturated rings. The fraction of sp³-hybridized carbons (Fsp3) is 1.00. The van der Waals surface area contributed by atoms with Gasteiger partial charge >= 0.3 is 0 Å². The molecule has 0 unspecified atom stereocenters. The van der Waals surface area contributed by atoms with Gasteiger partial charge in [0.05, 0.1) is 13.2 Å². The minimum atomic E-state index is 0.353. The Labute approximate surface area is 81.2 Å². The molecule has 0 aliphatic carbocycles. The molecule has 13 heavy (non-hydrogen) atoms. The van der Waals surface area contributed by atoms with Crippen molar-refractivity contribution in [1.82, 2.24) is 4.90 Å². The Morgan fingerprint density at radius 1 is 1.31 bits per heavy atom. The normalized spacial score (nSPS) is 20.5. The standard InChI is InChI=1S/C10H22N2O/c1-10(2,3-4-11)9-12-5-7-13-8-6-12/h3-9,11H2,1-2H3. The third kappa shape index (κ3) is 4.07. The molecule has 0 saturated carbocycles. The van der Waals surface area contributed by atoms with Crippen LogP contribution in [0.3, 0.4) is 0 Å². The van der Waals surface area contributed by atoms with Gasteiger partial charge in [0.25, 0.3) is 0 Å². The molecule has 0 amide bonds. The summed E-state index contributed by atoms with van der Waals surface area (Å²) in [5.41, 5.74) is 5.93. The predicted molar refractivity (Wildman–Crippen MR) is 54.7 cm³/mol. The first-order valence-corrected chi connectivity index (χ1v) is 5.14. The van der Waals surface area contributed by atoms with E-state index in [-0.39, 0.29) is 0 Å². The Bertz CT molecular complexity index is 142. The van der Waals surface area contributed by atoms with Crippen LogP contribution in [0.25, 0.3) is 0 Å². The van der Waals surface area contributed by atoms with Crippen molar-refractivity contribution in [2.24, 2.45) is 11.1 Å². The molecule has 0 bridgehead atoms. The van der Waals surface area contributed by atoms with Crippen molar-refractivity contribution in [2.75, 3.05) is 39.4 Å². The van der Waals surface area contributed by atoms with E-state index >= 15 is 0 Å². The summed E-state index contributed by atoms with van der Waals surface area (Å²) in [6, 6.07) is 0. The van der Waals surface area contributed by atoms with Crippen LogP contribution in [-0.4, -0.2) is 44.3 Å². The number of morpholine rings is 1. The first-order valence-electron chi connectivity index (χ1n) is 5.14. The molecular weight excluding hydrogens is 164 g/mol. The van der Waals surface area contributed by atoms with Crippen LogP contribution >= 0.6 is 0 Å². The lowest BCUT2D eigenvalue weighted by molar-refractivity contribution is 0.0204. The fourth-order valence-electron chi connectivity index (χ4n) is 1.83. The van der Waals surface area contributed by atoms with E-state index in [0.717, 1.165) is 45.8 Å². The maximum absolute atomic E-state index is 5.58. The highest BCUT2D eigenvalue weighted by Crippen LogP contribution is 2.21. The van der Waals surface area contributed by atoms with Gasteiger partial charge in [-0.15, -0.1) is 0 Å². The third-order valence-corrected chi connectivity index (χ3v) is 2.58. The molecule has 1 saturated heterocycles. The SMILES string of the molecule is CC(C)(CCN)CN1CCOCC1. The lowest BCUT2D eigenvalue weighted by Crippen LogP contribution is -2.42. The summed E-state index contributed by atoms with van der Waals surface area (Å²) >= 11 is 0. The number of rotatable bonds is 4. The van der Waals surface area contributed by atoms with Gasteiger partial charge in [-0.2, -0.15) is 0 Å². The second-order valence-corrected chi connectivity index (χ2v) is 4.59. The van der Waals surface area contributed by atoms with Gasteiger partial charge in [0, 0.05) is 19.6 Å². The number of hydrogen-bond donors (Lipinski definition) is 1. The Morgan fingerprint density at radius 3 is 2.46 bits per heavy atom. The zero-order valence-electron chi connectivity index (χ0n) is 8.88. The summed E-state index contributed by atoms with van der Waals surface area (Å²) in [5.74, 6) is 0. The zero-order valence-corrected chi connectivity index (χ0v) is 8.88. The van der Waals surface area contributed by atoms with Crippen molar-refractivity contribution in [3.8, 4) is 0 Å². The molecule has 0 atom stereocenters. The monoisotopic (exact) mass is 186 g/mol. The third-order valence-electron chi connectivity index (χ3n) is 2.58. The van der Waals surface area contributed by atoms with Gasteiger partial charge in [0.2, 0.25) is 0 Å². The van der Waals surface area contributed by atoms with Gasteiger partial charge in [-0.25, -0.2) is 0 Å². The zero-order chi connectivity index (χ0) is 9.73. The summed E-state index contributed by atoms with van der Waals surface area (Å²) < 4.78 is 5.31. The Kier molecular flexibility index (Phi) is 4.16. The van der Waals surface area contributed by atoms with E-state index in [1.807, 2.05) is 0 Å². The van der Waals surface area contributed by atoms with Crippen LogP contribution in [-0.2, 0) is 4.74 Å². The average molecular weight is 186 g/mol. The Hall–Kier alpha value is -0.120. The molecule has 3 nitrogen and oxygen atoms in total. The molecule has 0 spiro atoms. The van der Waals surface area contributed by atoms with Crippen molar-refractivity contribution < 1.29 is 4.74 Å². The molecule has 1 rings (SSSR count). The molecule has 1 aliphatic rings. The van der Waals surface area contributed by atoms with Crippen molar-refractivity contribution in [3.05, 3.63) is 0 Å². The van der Waals surface area contributed by atoms with Gasteiger partial charge in [-0.3, -0.25) is 4.90 Å². The first kappa shape index (κ1) is 11.0. The van der Waals surface area contributed by atoms with E-state index in [9.17, 15) is 0 Å². The number of nitrogens with two attached hydrogens (primary N) is 1. The topological polar surface area (TPSA) is 38.5 Å². The van der Waals surface area contributed by atoms with Gasteiger partial charge < -0.3 is 10.5 Å². The van der Waals surface area contributed by atoms with Crippen LogP contribution in [0.5, 0.6) is 0 Å². The minimum absolute atomic E-state index is 0.353. The van der Waals surface area contributed by atoms with Gasteiger partial charge in [-0.05, 0) is 18.4 Å². The van der Waals surface area contributed by atoms with Crippen LogP contribution in [0.2, 0.25) is 0 Å². The maximum Gasteiger partial charge on any atom is 0.0594 e. The van der Waals surface area contributed by atoms with Crippen molar-refractivity contribution in [2.45, 2.75) is 20.3 Å². The molecule has 1 heterocycles. The highest BCUT2D eigenvalue weighted by atomic mass is 16.5. The highest BCUT2D eigenvalue weighted by molar-refractivity contribution is 4.75. The molecular formula is C10H22N2O. The minimum Gasteiger partial charge on any atom is -0.379 e. The molecule has 0 aromatic heterocycles. The smallest absolute Gasteiger partial charge is 0.0594 e. The van der Waals surface area contributed by atoms with Gasteiger partial charge in [0.15, 0.2) is 0 Å². The largest absolute Gasteiger partial charge is 0.379 e. The molecule has 78 valence electrons. The van der Waals surface area contributed by atoms with E-state index < -0.39 is 0 Å². The summed E-state index contributed by atoms with van der Waals surface area (Å²) in [4.78, 5) is 2.47. The molecule has 3 heteroatoms. The molecule has 0 radical (unpaired) electrons. The summed E-state index contributed by atoms with van der Waals surface area (Å²) in [6.07, 6.45) is 1.10. The Morgan fingerprint density at radius 2 is 1.92 bits per heavy atom. The molecule has 0 aromatic carbocycles. The van der Waals surface area contributed by atoms with E-state index in [1.54, 1.807) is 0 Å². The first-order chi connectivity index (χ1) is 6.14. The summed E-state index contributed by atoms with van der Waals surface area (Å²) in [5, 5.41) is 0. The Balaban J connectivity index is 2.28. The van der Waals surface area contributed by atoms with E-state index in [1.165, 1.54) is 0 Å². The van der Waals surface area contributed by atoms with Crippen LogP contribution in [0.1, 0.15) is 20.3 Å². The number of nitrogens with zero attached hydrogens (tertiary/aromatic N) is 1. The number of ether oxygens (including phenoxy) is 1. The van der Waals surface area contributed by atoms with Crippen LogP contribution in [0.4, 0.5) is 0 Å². The quantitative estimate of drug-likeness (QED) is 0.702. The van der Waals surface area contributed by atoms with E-state index in [4.69, 9.17) is 10.5 Å². The van der Waals surface area contributed by atoms with Gasteiger partial charge in [-0.1, -0.05) is 13.8 Å². The van der Waals surface area contributed by atoms with Crippen molar-refractivity contribution >= 4 is 0 Å². The molecule has 0 aromatic rings. The average Bonchev–Trinajstić information content (AvgIpc) is 2.04. The molecule has 1 aliphatic heterocycles. The van der Waals surface area contributed by atoms with Crippen LogP contribution in [0.15, 0.2) is 0 Å². The van der Waals surface area contributed by atoms with Crippen LogP contribution in [0, 0.1) is 5.41 Å². The van der Waals surface area contributed by atoms with Crippen molar-refractivity contribution in [3.63, 3.8) is 0 Å².